The molecule has 0 radical (unpaired) electrons. The molecule has 0 fully saturated rings. The van der Waals surface area contributed by atoms with Crippen molar-refractivity contribution in [1.82, 2.24) is 4.72 Å². The Kier molecular flexibility index (Phi) is 5.81. The van der Waals surface area contributed by atoms with Crippen molar-refractivity contribution in [3.05, 3.63) is 0 Å². The summed E-state index contributed by atoms with van der Waals surface area (Å²) in [5.41, 5.74) is 0. The van der Waals surface area contributed by atoms with Crippen molar-refractivity contribution >= 4 is 11.3 Å². The molecule has 1 unspecified atom stereocenters. The Balaban J connectivity index is 0. The standard InChI is InChI=1S/CH2F3NO2S.Li/c2-1(3,4)5-8(6)7;/h5H,(H,6,7);/q;+1/p-1. The Bertz CT molecular complexity index is 104. The molecule has 3 nitrogen and oxygen atoms in total. The van der Waals surface area contributed by atoms with E-state index in [0.29, 0.717) is 4.72 Å². The summed E-state index contributed by atoms with van der Waals surface area (Å²) in [4.78, 5) is 0. The number of alkyl halides is 3. The van der Waals surface area contributed by atoms with Gasteiger partial charge in [0.2, 0.25) is 0 Å². The molecule has 50 valence electrons. The van der Waals surface area contributed by atoms with Crippen molar-refractivity contribution in [1.29, 1.82) is 0 Å². The zero-order valence-electron chi connectivity index (χ0n) is 4.36. The van der Waals surface area contributed by atoms with E-state index in [1.54, 1.807) is 0 Å². The van der Waals surface area contributed by atoms with E-state index in [-0.39, 0.29) is 18.9 Å². The first-order valence-electron chi connectivity index (χ1n) is 1.35. The van der Waals surface area contributed by atoms with Gasteiger partial charge < -0.3 is 4.55 Å². The molecule has 0 aliphatic rings. The van der Waals surface area contributed by atoms with Crippen molar-refractivity contribution in [3.8, 4) is 0 Å². The smallest absolute Gasteiger partial charge is 0.760 e. The van der Waals surface area contributed by atoms with Crippen LogP contribution in [0.15, 0.2) is 0 Å². The normalized spacial score (nSPS) is 14.2. The molecular weight excluding hydrogens is 154 g/mol. The molecule has 0 spiro atoms. The molecule has 0 aliphatic carbocycles. The predicted molar refractivity (Wildman–Crippen MR) is 18.1 cm³/mol. The Morgan fingerprint density at radius 2 is 1.78 bits per heavy atom. The van der Waals surface area contributed by atoms with Gasteiger partial charge >= 0.3 is 25.2 Å². The fraction of sp³-hybridized carbons (Fsp3) is 1.00. The molecule has 0 aromatic heterocycles. The second kappa shape index (κ2) is 4.30. The van der Waals surface area contributed by atoms with Gasteiger partial charge in [-0.25, -0.2) is 0 Å². The molecule has 0 aromatic rings. The molecule has 0 aromatic carbocycles. The summed E-state index contributed by atoms with van der Waals surface area (Å²) in [6, 6.07) is 0. The maximum absolute atomic E-state index is 10.8. The maximum Gasteiger partial charge on any atom is 1.00 e. The maximum atomic E-state index is 10.8. The van der Waals surface area contributed by atoms with Crippen molar-refractivity contribution in [2.24, 2.45) is 0 Å². The topological polar surface area (TPSA) is 52.2 Å². The van der Waals surface area contributed by atoms with Gasteiger partial charge in [-0.2, -0.15) is 17.9 Å². The second-order valence-electron chi connectivity index (χ2n) is 0.835. The van der Waals surface area contributed by atoms with Gasteiger partial charge in [-0.1, -0.05) is 0 Å². The van der Waals surface area contributed by atoms with Gasteiger partial charge in [0.15, 0.2) is 0 Å². The van der Waals surface area contributed by atoms with Crippen molar-refractivity contribution in [2.75, 3.05) is 0 Å². The summed E-state index contributed by atoms with van der Waals surface area (Å²) in [5.74, 6) is 0. The Morgan fingerprint density at radius 1 is 1.44 bits per heavy atom. The van der Waals surface area contributed by atoms with Crippen LogP contribution in [0.25, 0.3) is 0 Å². The van der Waals surface area contributed by atoms with Gasteiger partial charge in [0.1, 0.15) is 0 Å². The molecule has 9 heavy (non-hydrogen) atoms. The Morgan fingerprint density at radius 3 is 1.78 bits per heavy atom. The van der Waals surface area contributed by atoms with E-state index in [9.17, 15) is 21.9 Å². The van der Waals surface area contributed by atoms with Crippen LogP contribution >= 0.6 is 0 Å². The molecule has 1 atom stereocenters. The average Bonchev–Trinajstić information content (AvgIpc) is 1.21. The van der Waals surface area contributed by atoms with Gasteiger partial charge in [0.25, 0.3) is 0 Å². The van der Waals surface area contributed by atoms with Crippen LogP contribution in [0, 0.1) is 0 Å². The summed E-state index contributed by atoms with van der Waals surface area (Å²) < 4.78 is 51.1. The molecule has 0 bridgehead atoms. The minimum Gasteiger partial charge on any atom is -0.760 e. The first-order chi connectivity index (χ1) is 3.42. The van der Waals surface area contributed by atoms with E-state index >= 15 is 0 Å². The van der Waals surface area contributed by atoms with Crippen LogP contribution in [-0.4, -0.2) is 15.1 Å². The van der Waals surface area contributed by atoms with Gasteiger partial charge in [0, 0.05) is 11.3 Å². The molecule has 0 aliphatic heterocycles. The largest absolute Gasteiger partial charge is 1.00 e. The van der Waals surface area contributed by atoms with Gasteiger partial charge in [-0.3, -0.25) is 4.21 Å². The van der Waals surface area contributed by atoms with Crippen LogP contribution in [0.5, 0.6) is 0 Å². The quantitative estimate of drug-likeness (QED) is 0.247. The van der Waals surface area contributed by atoms with Gasteiger partial charge in [-0.15, -0.1) is 0 Å². The summed E-state index contributed by atoms with van der Waals surface area (Å²) in [6.45, 7) is 0. The zero-order valence-corrected chi connectivity index (χ0v) is 5.18. The SMILES string of the molecule is O=S([O-])NC(F)(F)F.[Li+]. The first kappa shape index (κ1) is 12.2. The fourth-order valence-electron chi connectivity index (χ4n) is 0.0945. The third-order valence-electron chi connectivity index (χ3n) is 0.199. The van der Waals surface area contributed by atoms with Gasteiger partial charge in [-0.05, 0) is 0 Å². The van der Waals surface area contributed by atoms with E-state index in [2.05, 4.69) is 0 Å². The minimum atomic E-state index is -4.84. The summed E-state index contributed by atoms with van der Waals surface area (Å²) in [7, 11) is 0. The van der Waals surface area contributed by atoms with E-state index < -0.39 is 17.6 Å². The number of halogens is 3. The number of rotatable bonds is 1. The van der Waals surface area contributed by atoms with Crippen molar-refractivity contribution in [2.45, 2.75) is 6.30 Å². The average molecular weight is 155 g/mol. The summed E-state index contributed by atoms with van der Waals surface area (Å²) >= 11 is -3.26. The molecule has 0 rings (SSSR count). The number of hydrogen-bond acceptors (Lipinski definition) is 2. The second-order valence-corrected chi connectivity index (χ2v) is 1.51. The van der Waals surface area contributed by atoms with Crippen LogP contribution in [0.4, 0.5) is 13.2 Å². The van der Waals surface area contributed by atoms with Crippen LogP contribution in [-0.2, 0) is 11.3 Å². The molecular formula is CHF3LiNO2S. The third kappa shape index (κ3) is 11.8. The van der Waals surface area contributed by atoms with E-state index in [0.717, 1.165) is 0 Å². The first-order valence-corrected chi connectivity index (χ1v) is 2.43. The number of nitrogens with one attached hydrogen (secondary N) is 1. The molecule has 0 saturated carbocycles. The zero-order chi connectivity index (χ0) is 6.78. The predicted octanol–water partition coefficient (Wildman–Crippen LogP) is -3.11. The van der Waals surface area contributed by atoms with Crippen LogP contribution in [0.2, 0.25) is 0 Å². The Labute approximate surface area is 63.6 Å². The minimum absolute atomic E-state index is 0. The van der Waals surface area contributed by atoms with Crippen molar-refractivity contribution in [3.63, 3.8) is 0 Å². The summed E-state index contributed by atoms with van der Waals surface area (Å²) in [6.07, 6.45) is -4.84. The van der Waals surface area contributed by atoms with Crippen LogP contribution < -0.4 is 23.6 Å². The fourth-order valence-corrected chi connectivity index (χ4v) is 0.283. The van der Waals surface area contributed by atoms with E-state index in [4.69, 9.17) is 0 Å². The number of hydrogen-bond donors (Lipinski definition) is 1. The van der Waals surface area contributed by atoms with Crippen LogP contribution in [0.1, 0.15) is 0 Å². The van der Waals surface area contributed by atoms with Crippen LogP contribution in [0.3, 0.4) is 0 Å². The van der Waals surface area contributed by atoms with E-state index in [1.807, 2.05) is 0 Å². The molecule has 1 N–H and O–H groups in total. The molecule has 0 saturated heterocycles. The molecule has 8 heteroatoms. The third-order valence-corrected chi connectivity index (χ3v) is 0.597. The molecule has 0 amide bonds. The van der Waals surface area contributed by atoms with Gasteiger partial charge in [0.05, 0.1) is 0 Å². The monoisotopic (exact) mass is 155 g/mol. The molecule has 0 heterocycles. The summed E-state index contributed by atoms with van der Waals surface area (Å²) in [5, 5.41) is 0. The van der Waals surface area contributed by atoms with E-state index in [1.165, 1.54) is 0 Å². The Hall–Kier alpha value is 0.457. The van der Waals surface area contributed by atoms with Crippen molar-refractivity contribution < 1.29 is 40.8 Å².